The summed E-state index contributed by atoms with van der Waals surface area (Å²) in [6, 6.07) is 15.4. The van der Waals surface area contributed by atoms with E-state index in [2.05, 4.69) is 5.32 Å². The normalized spacial score (nSPS) is 18.7. The molecule has 0 spiro atoms. The van der Waals surface area contributed by atoms with E-state index >= 15 is 0 Å². The van der Waals surface area contributed by atoms with Crippen LogP contribution in [0.1, 0.15) is 30.0 Å². The zero-order chi connectivity index (χ0) is 17.8. The number of piperazine rings is 1. The van der Waals surface area contributed by atoms with E-state index in [1.54, 1.807) is 7.11 Å². The summed E-state index contributed by atoms with van der Waals surface area (Å²) in [5.74, 6) is 0.699. The molecule has 25 heavy (non-hydrogen) atoms. The number of halogens is 1. The number of carbonyl (C=O) groups excluding carboxylic acids is 1. The molecular formula is C20H23ClN2O2. The monoisotopic (exact) mass is 358 g/mol. The summed E-state index contributed by atoms with van der Waals surface area (Å²) in [4.78, 5) is 15.1. The molecule has 1 fully saturated rings. The van der Waals surface area contributed by atoms with Crippen LogP contribution in [0.3, 0.4) is 0 Å². The molecule has 1 saturated heterocycles. The third kappa shape index (κ3) is 3.80. The van der Waals surface area contributed by atoms with Gasteiger partial charge in [-0.3, -0.25) is 4.79 Å². The number of amides is 1. The van der Waals surface area contributed by atoms with Gasteiger partial charge in [0.25, 0.3) is 0 Å². The lowest BCUT2D eigenvalue weighted by atomic mass is 9.96. The summed E-state index contributed by atoms with van der Waals surface area (Å²) in [6.07, 6.45) is 0. The van der Waals surface area contributed by atoms with Gasteiger partial charge in [0.15, 0.2) is 0 Å². The molecule has 1 aliphatic rings. The summed E-state index contributed by atoms with van der Waals surface area (Å²) in [5.41, 5.74) is 1.98. The molecule has 0 radical (unpaired) electrons. The molecular weight excluding hydrogens is 336 g/mol. The minimum atomic E-state index is -0.214. The minimum absolute atomic E-state index is 0.0457. The number of methoxy groups -OCH3 is 1. The van der Waals surface area contributed by atoms with Crippen molar-refractivity contribution in [3.05, 3.63) is 64.7 Å². The molecule has 4 nitrogen and oxygen atoms in total. The highest BCUT2D eigenvalue weighted by Gasteiger charge is 2.32. The highest BCUT2D eigenvalue weighted by molar-refractivity contribution is 6.31. The number of ether oxygens (including phenoxy) is 1. The second-order valence-corrected chi connectivity index (χ2v) is 6.68. The Morgan fingerprint density at radius 1 is 1.24 bits per heavy atom. The molecule has 3 rings (SSSR count). The maximum absolute atomic E-state index is 13.2. The third-order valence-corrected chi connectivity index (χ3v) is 5.12. The zero-order valence-electron chi connectivity index (χ0n) is 14.5. The first-order valence-electron chi connectivity index (χ1n) is 8.51. The molecule has 0 bridgehead atoms. The van der Waals surface area contributed by atoms with Crippen molar-refractivity contribution in [2.45, 2.75) is 18.9 Å². The molecule has 1 amide bonds. The molecule has 1 N–H and O–H groups in total. The Bertz CT molecular complexity index is 733. The lowest BCUT2D eigenvalue weighted by Gasteiger charge is -2.38. The van der Waals surface area contributed by atoms with E-state index in [1.807, 2.05) is 60.4 Å². The van der Waals surface area contributed by atoms with Crippen LogP contribution in [-0.2, 0) is 4.79 Å². The van der Waals surface area contributed by atoms with Crippen LogP contribution in [0.4, 0.5) is 0 Å². The second kappa shape index (κ2) is 7.89. The van der Waals surface area contributed by atoms with Crippen molar-refractivity contribution in [1.82, 2.24) is 10.2 Å². The van der Waals surface area contributed by atoms with Crippen molar-refractivity contribution in [2.75, 3.05) is 26.7 Å². The van der Waals surface area contributed by atoms with E-state index in [9.17, 15) is 4.79 Å². The summed E-state index contributed by atoms with van der Waals surface area (Å²) < 4.78 is 5.20. The standard InChI is InChI=1S/C20H23ClN2O2/c1-14(15-7-9-16(25-2)10-8-15)20(24)23-12-11-22-13-19(23)17-5-3-4-6-18(17)21/h3-10,14,19,22H,11-13H2,1-2H3. The fourth-order valence-electron chi connectivity index (χ4n) is 3.28. The van der Waals surface area contributed by atoms with Crippen molar-refractivity contribution in [3.63, 3.8) is 0 Å². The third-order valence-electron chi connectivity index (χ3n) is 4.78. The van der Waals surface area contributed by atoms with Gasteiger partial charge in [-0.05, 0) is 36.2 Å². The van der Waals surface area contributed by atoms with Crippen molar-refractivity contribution >= 4 is 17.5 Å². The van der Waals surface area contributed by atoms with Gasteiger partial charge in [-0.25, -0.2) is 0 Å². The predicted molar refractivity (Wildman–Crippen MR) is 100 cm³/mol. The number of rotatable bonds is 4. The van der Waals surface area contributed by atoms with Crippen LogP contribution in [0.25, 0.3) is 0 Å². The van der Waals surface area contributed by atoms with Crippen LogP contribution >= 0.6 is 11.6 Å². The van der Waals surface area contributed by atoms with Crippen LogP contribution < -0.4 is 10.1 Å². The SMILES string of the molecule is COc1ccc(C(C)C(=O)N2CCNCC2c2ccccc2Cl)cc1. The van der Waals surface area contributed by atoms with Crippen LogP contribution in [-0.4, -0.2) is 37.6 Å². The Balaban J connectivity index is 1.84. The topological polar surface area (TPSA) is 41.6 Å². The maximum Gasteiger partial charge on any atom is 0.230 e. The van der Waals surface area contributed by atoms with Gasteiger partial charge >= 0.3 is 0 Å². The minimum Gasteiger partial charge on any atom is -0.497 e. The van der Waals surface area contributed by atoms with E-state index in [4.69, 9.17) is 16.3 Å². The molecule has 0 saturated carbocycles. The van der Waals surface area contributed by atoms with Crippen LogP contribution in [0.5, 0.6) is 5.75 Å². The smallest absolute Gasteiger partial charge is 0.230 e. The van der Waals surface area contributed by atoms with E-state index in [0.29, 0.717) is 18.1 Å². The molecule has 5 heteroatoms. The molecule has 0 aromatic heterocycles. The highest BCUT2D eigenvalue weighted by atomic mass is 35.5. The van der Waals surface area contributed by atoms with Gasteiger partial charge in [-0.1, -0.05) is 41.9 Å². The Morgan fingerprint density at radius 3 is 2.64 bits per heavy atom. The largest absolute Gasteiger partial charge is 0.497 e. The lowest BCUT2D eigenvalue weighted by Crippen LogP contribution is -2.49. The number of nitrogens with one attached hydrogen (secondary N) is 1. The van der Waals surface area contributed by atoms with E-state index in [1.165, 1.54) is 0 Å². The summed E-state index contributed by atoms with van der Waals surface area (Å²) >= 11 is 6.38. The number of nitrogens with zero attached hydrogens (tertiary/aromatic N) is 1. The first kappa shape index (κ1) is 17.8. The molecule has 132 valence electrons. The molecule has 2 aromatic carbocycles. The first-order valence-corrected chi connectivity index (χ1v) is 8.89. The first-order chi connectivity index (χ1) is 12.1. The number of hydrogen-bond acceptors (Lipinski definition) is 3. The van der Waals surface area contributed by atoms with Gasteiger partial charge in [0.1, 0.15) is 5.75 Å². The Kier molecular flexibility index (Phi) is 5.61. The average molecular weight is 359 g/mol. The van der Waals surface area contributed by atoms with Crippen molar-refractivity contribution < 1.29 is 9.53 Å². The lowest BCUT2D eigenvalue weighted by molar-refractivity contribution is -0.135. The number of carbonyl (C=O) groups is 1. The van der Waals surface area contributed by atoms with Gasteiger partial charge in [-0.15, -0.1) is 0 Å². The second-order valence-electron chi connectivity index (χ2n) is 6.27. The van der Waals surface area contributed by atoms with Crippen molar-refractivity contribution in [2.24, 2.45) is 0 Å². The molecule has 1 aliphatic heterocycles. The molecule has 2 unspecified atom stereocenters. The van der Waals surface area contributed by atoms with Gasteiger partial charge in [0.05, 0.1) is 19.1 Å². The van der Waals surface area contributed by atoms with E-state index in [-0.39, 0.29) is 17.9 Å². The summed E-state index contributed by atoms with van der Waals surface area (Å²) in [6.45, 7) is 4.14. The van der Waals surface area contributed by atoms with Gasteiger partial charge < -0.3 is 15.0 Å². The average Bonchev–Trinajstić information content (AvgIpc) is 2.67. The number of benzene rings is 2. The van der Waals surface area contributed by atoms with E-state index < -0.39 is 0 Å². The Labute approximate surface area is 153 Å². The molecule has 1 heterocycles. The van der Waals surface area contributed by atoms with Gasteiger partial charge in [-0.2, -0.15) is 0 Å². The fraction of sp³-hybridized carbons (Fsp3) is 0.350. The molecule has 0 aliphatic carbocycles. The van der Waals surface area contributed by atoms with Gasteiger partial charge in [0.2, 0.25) is 5.91 Å². The summed E-state index contributed by atoms with van der Waals surface area (Å²) in [7, 11) is 1.64. The summed E-state index contributed by atoms with van der Waals surface area (Å²) in [5, 5.41) is 4.07. The molecule has 2 aromatic rings. The van der Waals surface area contributed by atoms with Crippen LogP contribution in [0.2, 0.25) is 5.02 Å². The fourth-order valence-corrected chi connectivity index (χ4v) is 3.54. The van der Waals surface area contributed by atoms with Gasteiger partial charge in [0, 0.05) is 24.7 Å². The highest BCUT2D eigenvalue weighted by Crippen LogP contribution is 2.31. The number of hydrogen-bond donors (Lipinski definition) is 1. The Hall–Kier alpha value is -2.04. The zero-order valence-corrected chi connectivity index (χ0v) is 15.3. The quantitative estimate of drug-likeness (QED) is 0.907. The van der Waals surface area contributed by atoms with E-state index in [0.717, 1.165) is 23.4 Å². The Morgan fingerprint density at radius 2 is 1.96 bits per heavy atom. The molecule has 2 atom stereocenters. The van der Waals surface area contributed by atoms with Crippen molar-refractivity contribution in [1.29, 1.82) is 0 Å². The van der Waals surface area contributed by atoms with Crippen LogP contribution in [0, 0.1) is 0 Å². The van der Waals surface area contributed by atoms with Crippen molar-refractivity contribution in [3.8, 4) is 5.75 Å². The van der Waals surface area contributed by atoms with Crippen LogP contribution in [0.15, 0.2) is 48.5 Å². The maximum atomic E-state index is 13.2. The predicted octanol–water partition coefficient (Wildman–Crippen LogP) is 3.63.